The van der Waals surface area contributed by atoms with E-state index in [0.29, 0.717) is 0 Å². The number of nitrogens with one attached hydrogen (secondary N) is 1. The zero-order valence-electron chi connectivity index (χ0n) is 8.05. The average molecular weight is 409 g/mol. The van der Waals surface area contributed by atoms with Gasteiger partial charge in [0.15, 0.2) is 0 Å². The highest BCUT2D eigenvalue weighted by atomic mass is 127. The van der Waals surface area contributed by atoms with Gasteiger partial charge in [-0.2, -0.15) is 0 Å². The topological polar surface area (TPSA) is 24.9 Å². The first-order valence-corrected chi connectivity index (χ1v) is 6.74. The summed E-state index contributed by atoms with van der Waals surface area (Å²) < 4.78 is 2.03. The maximum absolute atomic E-state index is 5.89. The monoisotopic (exact) mass is 408 g/mol. The molecule has 0 spiro atoms. The summed E-state index contributed by atoms with van der Waals surface area (Å²) in [6.07, 6.45) is 1.76. The summed E-state index contributed by atoms with van der Waals surface area (Å²) in [5, 5.41) is 3.96. The Balaban J connectivity index is 2.23. The quantitative estimate of drug-likeness (QED) is 0.718. The van der Waals surface area contributed by atoms with Crippen LogP contribution in [0.1, 0.15) is 0 Å². The Morgan fingerprint density at radius 2 is 2.06 bits per heavy atom. The molecule has 0 amide bonds. The molecule has 1 heterocycles. The highest BCUT2D eigenvalue weighted by molar-refractivity contribution is 14.1. The van der Waals surface area contributed by atoms with Crippen LogP contribution in [0.4, 0.5) is 11.5 Å². The molecule has 0 fully saturated rings. The minimum absolute atomic E-state index is 0.735. The van der Waals surface area contributed by atoms with Gasteiger partial charge in [0.1, 0.15) is 5.82 Å². The van der Waals surface area contributed by atoms with E-state index in [-0.39, 0.29) is 0 Å². The molecule has 5 heteroatoms. The fourth-order valence-corrected chi connectivity index (χ4v) is 2.42. The predicted octanol–water partition coefficient (Wildman–Crippen LogP) is 4.85. The van der Waals surface area contributed by atoms with Crippen LogP contribution in [0.25, 0.3) is 0 Å². The maximum Gasteiger partial charge on any atom is 0.130 e. The molecule has 0 unspecified atom stereocenters. The van der Waals surface area contributed by atoms with Crippen molar-refractivity contribution in [3.8, 4) is 0 Å². The van der Waals surface area contributed by atoms with Gasteiger partial charge in [-0.05, 0) is 68.9 Å². The molecule has 0 radical (unpaired) electrons. The molecule has 82 valence electrons. The third-order valence-corrected chi connectivity index (χ3v) is 3.52. The minimum atomic E-state index is 0.735. The Morgan fingerprint density at radius 1 is 1.25 bits per heavy atom. The van der Waals surface area contributed by atoms with E-state index in [1.807, 2.05) is 30.3 Å². The smallest absolute Gasteiger partial charge is 0.130 e. The normalized spacial score (nSPS) is 10.2. The molecule has 0 aliphatic heterocycles. The number of nitrogens with zero attached hydrogens (tertiary/aromatic N) is 1. The summed E-state index contributed by atoms with van der Waals surface area (Å²) >= 11 is 11.5. The fraction of sp³-hybridized carbons (Fsp3) is 0. The number of rotatable bonds is 2. The highest BCUT2D eigenvalue weighted by Gasteiger charge is 2.01. The van der Waals surface area contributed by atoms with Gasteiger partial charge in [-0.3, -0.25) is 0 Å². The van der Waals surface area contributed by atoms with E-state index in [1.54, 1.807) is 6.20 Å². The number of hydrogen-bond acceptors (Lipinski definition) is 2. The van der Waals surface area contributed by atoms with E-state index >= 15 is 0 Å². The maximum atomic E-state index is 5.89. The Labute approximate surface area is 121 Å². The van der Waals surface area contributed by atoms with Crippen molar-refractivity contribution in [2.75, 3.05) is 5.32 Å². The highest BCUT2D eigenvalue weighted by Crippen LogP contribution is 2.25. The third kappa shape index (κ3) is 3.09. The molecule has 0 atom stereocenters. The van der Waals surface area contributed by atoms with Gasteiger partial charge >= 0.3 is 0 Å². The number of hydrogen-bond donors (Lipinski definition) is 1. The van der Waals surface area contributed by atoms with Crippen molar-refractivity contribution in [2.24, 2.45) is 0 Å². The Morgan fingerprint density at radius 3 is 2.69 bits per heavy atom. The molecule has 0 saturated carbocycles. The lowest BCUT2D eigenvalue weighted by Crippen LogP contribution is -1.94. The SMILES string of the molecule is Clc1ccc(Nc2ccc(Br)cn2)c(I)c1. The number of anilines is 2. The van der Waals surface area contributed by atoms with Crippen LogP contribution in [0.15, 0.2) is 41.0 Å². The largest absolute Gasteiger partial charge is 0.339 e. The molecule has 0 aliphatic rings. The van der Waals surface area contributed by atoms with Crippen molar-refractivity contribution in [1.82, 2.24) is 4.98 Å². The Bertz CT molecular complexity index is 502. The van der Waals surface area contributed by atoms with Crippen LogP contribution in [-0.4, -0.2) is 4.98 Å². The molecule has 1 aromatic carbocycles. The first-order chi connectivity index (χ1) is 7.65. The van der Waals surface area contributed by atoms with E-state index in [9.17, 15) is 0 Å². The zero-order valence-corrected chi connectivity index (χ0v) is 12.5. The van der Waals surface area contributed by atoms with Crippen molar-refractivity contribution in [3.05, 3.63) is 49.6 Å². The van der Waals surface area contributed by atoms with Gasteiger partial charge in [-0.25, -0.2) is 4.98 Å². The molecule has 0 aliphatic carbocycles. The summed E-state index contributed by atoms with van der Waals surface area (Å²) in [4.78, 5) is 4.24. The first-order valence-electron chi connectivity index (χ1n) is 4.49. The summed E-state index contributed by atoms with van der Waals surface area (Å²) in [7, 11) is 0. The number of pyridine rings is 1. The lowest BCUT2D eigenvalue weighted by molar-refractivity contribution is 1.29. The van der Waals surface area contributed by atoms with Crippen LogP contribution in [0, 0.1) is 3.57 Å². The average Bonchev–Trinajstić information content (AvgIpc) is 2.25. The third-order valence-electron chi connectivity index (χ3n) is 1.92. The number of benzene rings is 1. The summed E-state index contributed by atoms with van der Waals surface area (Å²) in [5.41, 5.74) is 1.000. The Kier molecular flexibility index (Phi) is 4.05. The lowest BCUT2D eigenvalue weighted by atomic mass is 10.3. The van der Waals surface area contributed by atoms with E-state index in [0.717, 1.165) is 24.6 Å². The van der Waals surface area contributed by atoms with Crippen molar-refractivity contribution in [2.45, 2.75) is 0 Å². The van der Waals surface area contributed by atoms with Gasteiger partial charge in [0.05, 0.1) is 5.69 Å². The van der Waals surface area contributed by atoms with Crippen molar-refractivity contribution in [1.29, 1.82) is 0 Å². The molecular formula is C11H7BrClIN2. The van der Waals surface area contributed by atoms with Crippen LogP contribution in [-0.2, 0) is 0 Å². The van der Waals surface area contributed by atoms with E-state index < -0.39 is 0 Å². The van der Waals surface area contributed by atoms with E-state index in [4.69, 9.17) is 11.6 Å². The van der Waals surface area contributed by atoms with Crippen molar-refractivity contribution >= 4 is 61.6 Å². The van der Waals surface area contributed by atoms with Crippen LogP contribution < -0.4 is 5.32 Å². The molecule has 1 aromatic heterocycles. The van der Waals surface area contributed by atoms with Gasteiger partial charge in [0, 0.05) is 19.3 Å². The zero-order chi connectivity index (χ0) is 11.5. The van der Waals surface area contributed by atoms with Gasteiger partial charge in [-0.1, -0.05) is 11.6 Å². The molecule has 0 saturated heterocycles. The first kappa shape index (κ1) is 12.1. The van der Waals surface area contributed by atoms with Gasteiger partial charge in [0.25, 0.3) is 0 Å². The molecule has 0 bridgehead atoms. The molecule has 16 heavy (non-hydrogen) atoms. The molecular weight excluding hydrogens is 402 g/mol. The van der Waals surface area contributed by atoms with Gasteiger partial charge < -0.3 is 5.32 Å². The van der Waals surface area contributed by atoms with Crippen LogP contribution >= 0.6 is 50.1 Å². The van der Waals surface area contributed by atoms with Gasteiger partial charge in [-0.15, -0.1) is 0 Å². The lowest BCUT2D eigenvalue weighted by Gasteiger charge is -2.07. The van der Waals surface area contributed by atoms with Crippen LogP contribution in [0.2, 0.25) is 5.02 Å². The van der Waals surface area contributed by atoms with Crippen LogP contribution in [0.3, 0.4) is 0 Å². The predicted molar refractivity (Wildman–Crippen MR) is 79.4 cm³/mol. The van der Waals surface area contributed by atoms with E-state index in [2.05, 4.69) is 48.8 Å². The second-order valence-corrected chi connectivity index (χ2v) is 5.63. The number of aromatic nitrogens is 1. The Hall–Kier alpha value is -0.330. The van der Waals surface area contributed by atoms with Crippen molar-refractivity contribution in [3.63, 3.8) is 0 Å². The molecule has 2 aromatic rings. The molecule has 2 rings (SSSR count). The second kappa shape index (κ2) is 5.33. The molecule has 1 N–H and O–H groups in total. The van der Waals surface area contributed by atoms with Crippen LogP contribution in [0.5, 0.6) is 0 Å². The number of halogens is 3. The summed E-state index contributed by atoms with van der Waals surface area (Å²) in [6, 6.07) is 9.55. The molecule has 2 nitrogen and oxygen atoms in total. The van der Waals surface area contributed by atoms with Gasteiger partial charge in [0.2, 0.25) is 0 Å². The van der Waals surface area contributed by atoms with E-state index in [1.165, 1.54) is 0 Å². The standard InChI is InChI=1S/C11H7BrClIN2/c12-7-1-4-11(15-6-7)16-10-3-2-8(13)5-9(10)14/h1-6H,(H,15,16). The minimum Gasteiger partial charge on any atom is -0.339 e. The summed E-state index contributed by atoms with van der Waals surface area (Å²) in [6.45, 7) is 0. The van der Waals surface area contributed by atoms with Crippen molar-refractivity contribution < 1.29 is 0 Å². The summed E-state index contributed by atoms with van der Waals surface area (Å²) in [5.74, 6) is 0.809. The fourth-order valence-electron chi connectivity index (χ4n) is 1.18. The second-order valence-electron chi connectivity index (χ2n) is 3.11.